The van der Waals surface area contributed by atoms with Crippen LogP contribution < -0.4 is 4.21 Å². The monoisotopic (exact) mass is 364 g/mol. The Hall–Kier alpha value is -1.12. The first-order chi connectivity index (χ1) is 10.9. The van der Waals surface area contributed by atoms with Gasteiger partial charge in [-0.15, -0.1) is 0 Å². The predicted octanol–water partition coefficient (Wildman–Crippen LogP) is 4.76. The van der Waals surface area contributed by atoms with Crippen molar-refractivity contribution in [1.29, 1.82) is 0 Å². The first kappa shape index (κ1) is 15.4. The molecule has 1 N–H and O–H groups in total. The number of quaternary nitrogens is 1. The van der Waals surface area contributed by atoms with Crippen molar-refractivity contribution in [3.05, 3.63) is 74.4 Å². The molecule has 1 unspecified atom stereocenters. The Balaban J connectivity index is 1.92. The van der Waals surface area contributed by atoms with Crippen molar-refractivity contribution >= 4 is 50.7 Å². The van der Waals surface area contributed by atoms with Crippen LogP contribution in [0.5, 0.6) is 0 Å². The summed E-state index contributed by atoms with van der Waals surface area (Å²) in [6, 6.07) is 15.0. The van der Waals surface area contributed by atoms with Gasteiger partial charge in [0.1, 0.15) is 5.60 Å². The van der Waals surface area contributed by atoms with Crippen LogP contribution in [-0.4, -0.2) is 10.9 Å². The topological polar surface area (TPSA) is 66.3 Å². The highest BCUT2D eigenvalue weighted by molar-refractivity contribution is 7.99. The van der Waals surface area contributed by atoms with Gasteiger partial charge in [0.15, 0.2) is 0 Å². The lowest BCUT2D eigenvalue weighted by Gasteiger charge is -2.48. The van der Waals surface area contributed by atoms with E-state index in [9.17, 15) is 15.5 Å². The van der Waals surface area contributed by atoms with E-state index < -0.39 is 9.82 Å². The molecule has 118 valence electrons. The molecule has 1 aromatic heterocycles. The lowest BCUT2D eigenvalue weighted by molar-refractivity contribution is 0.105. The summed E-state index contributed by atoms with van der Waals surface area (Å²) in [6.45, 7) is 0. The summed E-state index contributed by atoms with van der Waals surface area (Å²) in [7, 11) is 0. The first-order valence-electron chi connectivity index (χ1n) is 6.88. The molecule has 7 heteroatoms. The third-order valence-corrected chi connectivity index (χ3v) is 6.54. The molecule has 3 aromatic rings. The van der Waals surface area contributed by atoms with E-state index in [1.807, 2.05) is 42.5 Å². The molecular formula is C16H11ClNO3S2-. The van der Waals surface area contributed by atoms with E-state index in [-0.39, 0.29) is 10.8 Å². The highest BCUT2D eigenvalue weighted by Crippen LogP contribution is 2.53. The largest absolute Gasteiger partial charge is 0.613 e. The Morgan fingerprint density at radius 2 is 1.83 bits per heavy atom. The van der Waals surface area contributed by atoms with Gasteiger partial charge in [-0.1, -0.05) is 59.3 Å². The molecule has 0 fully saturated rings. The number of fused-ring (bicyclic) bond motifs is 2. The number of aliphatic hydroxyl groups is 1. The van der Waals surface area contributed by atoms with Gasteiger partial charge in [0.2, 0.25) is 5.00 Å². The van der Waals surface area contributed by atoms with Gasteiger partial charge in [-0.3, -0.25) is 4.21 Å². The van der Waals surface area contributed by atoms with Gasteiger partial charge in [0.05, 0.1) is 27.6 Å². The van der Waals surface area contributed by atoms with Crippen LogP contribution >= 0.6 is 34.9 Å². The average molecular weight is 365 g/mol. The summed E-state index contributed by atoms with van der Waals surface area (Å²) in [6.07, 6.45) is 0. The van der Waals surface area contributed by atoms with Crippen molar-refractivity contribution in [2.75, 3.05) is 5.75 Å². The molecule has 0 bridgehead atoms. The number of benzene rings is 2. The number of hydrogen-bond donors (Lipinski definition) is 1. The standard InChI is InChI=1S/C16H11ClNO3S2/c17-14-8-13-15(23-14)18(20,21)22-9-16(13,19)12-6-5-10-3-1-2-4-11(10)7-12/h1-8,19H,9H2/q-1. The van der Waals surface area contributed by atoms with Crippen LogP contribution in [-0.2, 0) is 5.60 Å². The lowest BCUT2D eigenvalue weighted by atomic mass is 9.88. The Kier molecular flexibility index (Phi) is 3.48. The van der Waals surface area contributed by atoms with E-state index in [1.165, 1.54) is 6.07 Å². The second-order valence-electron chi connectivity index (χ2n) is 5.46. The van der Waals surface area contributed by atoms with Crippen molar-refractivity contribution in [2.24, 2.45) is 0 Å². The number of halogens is 1. The van der Waals surface area contributed by atoms with Crippen LogP contribution in [0, 0.1) is 10.4 Å². The molecule has 0 saturated carbocycles. The maximum absolute atomic E-state index is 12.1. The van der Waals surface area contributed by atoms with Crippen molar-refractivity contribution in [3.8, 4) is 0 Å². The summed E-state index contributed by atoms with van der Waals surface area (Å²) in [5.41, 5.74) is -0.435. The molecule has 2 heterocycles. The van der Waals surface area contributed by atoms with Crippen LogP contribution in [0.1, 0.15) is 11.1 Å². The Bertz CT molecular complexity index is 911. The second-order valence-corrected chi connectivity index (χ2v) is 8.15. The molecule has 0 aliphatic carbocycles. The third-order valence-electron chi connectivity index (χ3n) is 4.05. The summed E-state index contributed by atoms with van der Waals surface area (Å²) < 4.78 is -1.49. The average Bonchev–Trinajstić information content (AvgIpc) is 2.95. The van der Waals surface area contributed by atoms with E-state index in [0.29, 0.717) is 27.4 Å². The molecule has 1 aliphatic rings. The van der Waals surface area contributed by atoms with Crippen molar-refractivity contribution in [3.63, 3.8) is 0 Å². The Morgan fingerprint density at radius 3 is 2.61 bits per heavy atom. The molecule has 23 heavy (non-hydrogen) atoms. The minimum atomic E-state index is -1.82. The molecule has 0 radical (unpaired) electrons. The molecule has 0 spiro atoms. The fraction of sp³-hybridized carbons (Fsp3) is 0.125. The van der Waals surface area contributed by atoms with Crippen LogP contribution in [0.15, 0.2) is 48.5 Å². The molecule has 1 aliphatic heterocycles. The first-order valence-corrected chi connectivity index (χ1v) is 9.01. The minimum Gasteiger partial charge on any atom is -0.613 e. The highest BCUT2D eigenvalue weighted by Gasteiger charge is 2.45. The summed E-state index contributed by atoms with van der Waals surface area (Å²) >= 11 is 7.54. The number of nitrogens with zero attached hydrogens (tertiary/aromatic N) is 1. The van der Waals surface area contributed by atoms with Crippen LogP contribution in [0.3, 0.4) is 0 Å². The maximum atomic E-state index is 12.1. The predicted molar refractivity (Wildman–Crippen MR) is 97.3 cm³/mol. The maximum Gasteiger partial charge on any atom is 0.208 e. The quantitative estimate of drug-likeness (QED) is 0.384. The molecule has 2 aromatic carbocycles. The highest BCUT2D eigenvalue weighted by atomic mass is 35.5. The Morgan fingerprint density at radius 1 is 1.09 bits per heavy atom. The molecular weight excluding hydrogens is 354 g/mol. The van der Waals surface area contributed by atoms with Gasteiger partial charge in [0, 0.05) is 0 Å². The van der Waals surface area contributed by atoms with Crippen LogP contribution in [0.25, 0.3) is 10.8 Å². The summed E-state index contributed by atoms with van der Waals surface area (Å²) in [4.78, 5) is 0. The SMILES string of the molecule is [O-][N+]1([O-])SCC(O)(c2ccc3ccccc3c2)c2cc(Cl)sc21. The van der Waals surface area contributed by atoms with Gasteiger partial charge in [-0.05, 0) is 28.5 Å². The summed E-state index contributed by atoms with van der Waals surface area (Å²) in [5.74, 6) is -0.0155. The van der Waals surface area contributed by atoms with Crippen molar-refractivity contribution in [2.45, 2.75) is 5.60 Å². The smallest absolute Gasteiger partial charge is 0.208 e. The number of thiophene rings is 1. The molecule has 4 nitrogen and oxygen atoms in total. The lowest BCUT2D eigenvalue weighted by Crippen LogP contribution is -2.42. The fourth-order valence-electron chi connectivity index (χ4n) is 2.85. The van der Waals surface area contributed by atoms with E-state index >= 15 is 0 Å². The van der Waals surface area contributed by atoms with Crippen LogP contribution in [0.2, 0.25) is 4.34 Å². The number of hydrogen-bond acceptors (Lipinski definition) is 5. The van der Waals surface area contributed by atoms with E-state index in [4.69, 9.17) is 11.6 Å². The van der Waals surface area contributed by atoms with Gasteiger partial charge in [-0.25, -0.2) is 0 Å². The number of rotatable bonds is 1. The molecule has 0 amide bonds. The van der Waals surface area contributed by atoms with Gasteiger partial charge < -0.3 is 15.5 Å². The van der Waals surface area contributed by atoms with Gasteiger partial charge >= 0.3 is 0 Å². The normalized spacial score (nSPS) is 23.0. The molecule has 4 rings (SSSR count). The van der Waals surface area contributed by atoms with E-state index in [0.717, 1.165) is 22.1 Å². The van der Waals surface area contributed by atoms with Gasteiger partial charge in [-0.2, -0.15) is 0 Å². The zero-order valence-electron chi connectivity index (χ0n) is 11.7. The zero-order chi connectivity index (χ0) is 16.2. The van der Waals surface area contributed by atoms with Crippen LogP contribution in [0.4, 0.5) is 5.00 Å². The van der Waals surface area contributed by atoms with E-state index in [2.05, 4.69) is 0 Å². The van der Waals surface area contributed by atoms with Gasteiger partial charge in [0.25, 0.3) is 0 Å². The third kappa shape index (κ3) is 2.38. The minimum absolute atomic E-state index is 0.00177. The van der Waals surface area contributed by atoms with Crippen molar-refractivity contribution in [1.82, 2.24) is 4.21 Å². The summed E-state index contributed by atoms with van der Waals surface area (Å²) in [5, 5.41) is 37.4. The zero-order valence-corrected chi connectivity index (χ0v) is 14.1. The molecule has 0 saturated heterocycles. The van der Waals surface area contributed by atoms with Crippen molar-refractivity contribution < 1.29 is 5.11 Å². The Labute approximate surface area is 145 Å². The molecule has 1 atom stereocenters. The van der Waals surface area contributed by atoms with E-state index in [1.54, 1.807) is 0 Å². The second kappa shape index (κ2) is 5.19. The fourth-order valence-corrected chi connectivity index (χ4v) is 5.16.